The van der Waals surface area contributed by atoms with Crippen LogP contribution in [0.25, 0.3) is 0 Å². The molecule has 0 bridgehead atoms. The van der Waals surface area contributed by atoms with Gasteiger partial charge >= 0.3 is 5.97 Å². The van der Waals surface area contributed by atoms with Crippen LogP contribution in [0.15, 0.2) is 42.5 Å². The van der Waals surface area contributed by atoms with Gasteiger partial charge < -0.3 is 9.64 Å². The Kier molecular flexibility index (Phi) is 5.04. The predicted octanol–water partition coefficient (Wildman–Crippen LogP) is 3.27. The van der Waals surface area contributed by atoms with Gasteiger partial charge in [-0.25, -0.2) is 0 Å². The summed E-state index contributed by atoms with van der Waals surface area (Å²) in [6.07, 6.45) is 0.145. The molecule has 1 fully saturated rings. The first-order valence-corrected chi connectivity index (χ1v) is 8.52. The van der Waals surface area contributed by atoms with Gasteiger partial charge in [-0.05, 0) is 37.1 Å². The lowest BCUT2D eigenvalue weighted by atomic mass is 10.1. The molecule has 0 unspecified atom stereocenters. The number of nitrogens with zero attached hydrogens (tertiary/aromatic N) is 2. The summed E-state index contributed by atoms with van der Waals surface area (Å²) in [4.78, 5) is 26.5. The van der Waals surface area contributed by atoms with Gasteiger partial charge in [-0.1, -0.05) is 30.3 Å². The Bertz CT molecular complexity index is 898. The van der Waals surface area contributed by atoms with Crippen LogP contribution < -0.4 is 4.90 Å². The molecule has 1 heterocycles. The normalized spacial score (nSPS) is 16.4. The summed E-state index contributed by atoms with van der Waals surface area (Å²) in [5, 5.41) is 9.10. The van der Waals surface area contributed by atoms with Crippen LogP contribution in [0.4, 0.5) is 5.69 Å². The number of hydrogen-bond donors (Lipinski definition) is 0. The topological polar surface area (TPSA) is 70.4 Å². The van der Waals surface area contributed by atoms with Gasteiger partial charge in [0.15, 0.2) is 0 Å². The second kappa shape index (κ2) is 7.40. The van der Waals surface area contributed by atoms with Gasteiger partial charge in [-0.3, -0.25) is 9.59 Å². The molecule has 1 atom stereocenters. The zero-order valence-corrected chi connectivity index (χ0v) is 14.9. The number of rotatable bonds is 4. The van der Waals surface area contributed by atoms with E-state index in [4.69, 9.17) is 10.00 Å². The standard InChI is InChI=1S/C21H20N2O3/c1-14-6-5-9-19(15(14)2)23-12-18(10-20(23)24)21(25)26-13-17-8-4-3-7-16(17)11-22/h3-9,18H,10,12-13H2,1-2H3/t18-/m0/s1. The highest BCUT2D eigenvalue weighted by Crippen LogP contribution is 2.30. The van der Waals surface area contributed by atoms with Crippen LogP contribution in [0.1, 0.15) is 28.7 Å². The lowest BCUT2D eigenvalue weighted by molar-refractivity contribution is -0.149. The van der Waals surface area contributed by atoms with Gasteiger partial charge in [0.25, 0.3) is 0 Å². The second-order valence-corrected chi connectivity index (χ2v) is 6.50. The molecular weight excluding hydrogens is 328 g/mol. The number of benzene rings is 2. The minimum absolute atomic E-state index is 0.0384. The molecule has 1 aliphatic rings. The lowest BCUT2D eigenvalue weighted by Crippen LogP contribution is -2.27. The maximum Gasteiger partial charge on any atom is 0.311 e. The van der Waals surface area contributed by atoms with E-state index in [0.29, 0.717) is 17.7 Å². The van der Waals surface area contributed by atoms with Crippen LogP contribution in [-0.4, -0.2) is 18.4 Å². The third-order valence-electron chi connectivity index (χ3n) is 4.83. The molecule has 26 heavy (non-hydrogen) atoms. The number of nitriles is 1. The van der Waals surface area contributed by atoms with Crippen molar-refractivity contribution in [2.45, 2.75) is 26.9 Å². The molecule has 3 rings (SSSR count). The Balaban J connectivity index is 1.68. The highest BCUT2D eigenvalue weighted by Gasteiger charge is 2.36. The van der Waals surface area contributed by atoms with E-state index in [-0.39, 0.29) is 18.9 Å². The molecule has 0 aromatic heterocycles. The monoisotopic (exact) mass is 348 g/mol. The molecule has 1 aliphatic heterocycles. The quantitative estimate of drug-likeness (QED) is 0.795. The van der Waals surface area contributed by atoms with Crippen molar-refractivity contribution in [1.82, 2.24) is 0 Å². The van der Waals surface area contributed by atoms with Crippen LogP contribution in [-0.2, 0) is 20.9 Å². The summed E-state index contributed by atoms with van der Waals surface area (Å²) in [6, 6.07) is 14.9. The van der Waals surface area contributed by atoms with Crippen LogP contribution in [0.2, 0.25) is 0 Å². The minimum atomic E-state index is -0.489. The zero-order valence-electron chi connectivity index (χ0n) is 14.9. The summed E-state index contributed by atoms with van der Waals surface area (Å²) in [7, 11) is 0. The van der Waals surface area contributed by atoms with Crippen LogP contribution in [0.3, 0.4) is 0 Å². The molecule has 1 saturated heterocycles. The van der Waals surface area contributed by atoms with E-state index in [0.717, 1.165) is 16.8 Å². The SMILES string of the molecule is Cc1cccc(N2C[C@@H](C(=O)OCc3ccccc3C#N)CC2=O)c1C. The molecule has 0 radical (unpaired) electrons. The summed E-state index contributed by atoms with van der Waals surface area (Å²) in [5.41, 5.74) is 4.14. The van der Waals surface area contributed by atoms with Crippen LogP contribution in [0, 0.1) is 31.1 Å². The lowest BCUT2D eigenvalue weighted by Gasteiger charge is -2.20. The van der Waals surface area contributed by atoms with Crippen LogP contribution >= 0.6 is 0 Å². The molecule has 5 nitrogen and oxygen atoms in total. The first-order chi connectivity index (χ1) is 12.5. The number of carbonyl (C=O) groups excluding carboxylic acids is 2. The molecule has 0 N–H and O–H groups in total. The number of carbonyl (C=O) groups is 2. The second-order valence-electron chi connectivity index (χ2n) is 6.50. The molecule has 1 amide bonds. The van der Waals surface area contributed by atoms with Crippen molar-refractivity contribution in [2.24, 2.45) is 5.92 Å². The average molecular weight is 348 g/mol. The maximum atomic E-state index is 12.4. The molecule has 2 aromatic carbocycles. The van der Waals surface area contributed by atoms with Gasteiger partial charge in [-0.15, -0.1) is 0 Å². The Morgan fingerprint density at radius 2 is 2.00 bits per heavy atom. The summed E-state index contributed by atoms with van der Waals surface area (Å²) >= 11 is 0. The van der Waals surface area contributed by atoms with Gasteiger partial charge in [0.05, 0.1) is 17.6 Å². The molecule has 5 heteroatoms. The molecule has 0 spiro atoms. The first kappa shape index (κ1) is 17.7. The van der Waals surface area contributed by atoms with E-state index in [2.05, 4.69) is 6.07 Å². The first-order valence-electron chi connectivity index (χ1n) is 8.52. The fraction of sp³-hybridized carbons (Fsp3) is 0.286. The summed E-state index contributed by atoms with van der Waals surface area (Å²) < 4.78 is 5.37. The third-order valence-corrected chi connectivity index (χ3v) is 4.83. The molecule has 2 aromatic rings. The third kappa shape index (κ3) is 3.45. The van der Waals surface area contributed by atoms with E-state index in [1.54, 1.807) is 29.2 Å². The van der Waals surface area contributed by atoms with Crippen molar-refractivity contribution in [1.29, 1.82) is 5.26 Å². The van der Waals surface area contributed by atoms with E-state index >= 15 is 0 Å². The summed E-state index contributed by atoms with van der Waals surface area (Å²) in [5.74, 6) is -0.964. The van der Waals surface area contributed by atoms with Gasteiger partial charge in [0.2, 0.25) is 5.91 Å². The number of anilines is 1. The maximum absolute atomic E-state index is 12.4. The average Bonchev–Trinajstić information content (AvgIpc) is 3.04. The van der Waals surface area contributed by atoms with E-state index in [1.165, 1.54) is 0 Å². The molecule has 0 saturated carbocycles. The summed E-state index contributed by atoms with van der Waals surface area (Å²) in [6.45, 7) is 4.33. The fourth-order valence-corrected chi connectivity index (χ4v) is 3.15. The molecular formula is C21H20N2O3. The Hall–Kier alpha value is -3.13. The predicted molar refractivity (Wildman–Crippen MR) is 97.3 cm³/mol. The van der Waals surface area contributed by atoms with Gasteiger partial charge in [0.1, 0.15) is 6.61 Å². The van der Waals surface area contributed by atoms with Crippen molar-refractivity contribution in [3.05, 3.63) is 64.7 Å². The van der Waals surface area contributed by atoms with Gasteiger partial charge in [0, 0.05) is 24.2 Å². The largest absolute Gasteiger partial charge is 0.460 e. The Morgan fingerprint density at radius 1 is 1.23 bits per heavy atom. The smallest absolute Gasteiger partial charge is 0.311 e. The minimum Gasteiger partial charge on any atom is -0.460 e. The van der Waals surface area contributed by atoms with Crippen molar-refractivity contribution in [2.75, 3.05) is 11.4 Å². The van der Waals surface area contributed by atoms with Crippen LogP contribution in [0.5, 0.6) is 0 Å². The number of hydrogen-bond acceptors (Lipinski definition) is 4. The highest BCUT2D eigenvalue weighted by molar-refractivity contribution is 6.00. The van der Waals surface area contributed by atoms with E-state index < -0.39 is 11.9 Å². The number of aryl methyl sites for hydroxylation is 1. The van der Waals surface area contributed by atoms with Crippen molar-refractivity contribution >= 4 is 17.6 Å². The fourth-order valence-electron chi connectivity index (χ4n) is 3.15. The van der Waals surface area contributed by atoms with E-state index in [9.17, 15) is 9.59 Å². The van der Waals surface area contributed by atoms with Crippen molar-refractivity contribution in [3.63, 3.8) is 0 Å². The van der Waals surface area contributed by atoms with Crippen molar-refractivity contribution in [3.8, 4) is 6.07 Å². The Labute approximate surface area is 152 Å². The number of ether oxygens (including phenoxy) is 1. The van der Waals surface area contributed by atoms with Crippen molar-refractivity contribution < 1.29 is 14.3 Å². The van der Waals surface area contributed by atoms with Gasteiger partial charge in [-0.2, -0.15) is 5.26 Å². The zero-order chi connectivity index (χ0) is 18.7. The Morgan fingerprint density at radius 3 is 2.77 bits per heavy atom. The van der Waals surface area contributed by atoms with E-state index in [1.807, 2.05) is 32.0 Å². The number of amides is 1. The number of esters is 1. The highest BCUT2D eigenvalue weighted by atomic mass is 16.5. The molecule has 132 valence electrons. The molecule has 0 aliphatic carbocycles.